The summed E-state index contributed by atoms with van der Waals surface area (Å²) in [4.78, 5) is 9.69. The molecule has 0 amide bonds. The Morgan fingerprint density at radius 3 is 2.62 bits per heavy atom. The summed E-state index contributed by atoms with van der Waals surface area (Å²) in [5.41, 5.74) is 2.50. The Morgan fingerprint density at radius 1 is 1.29 bits per heavy atom. The Hall–Kier alpha value is -1.13. The van der Waals surface area contributed by atoms with E-state index in [0.717, 1.165) is 25.5 Å². The Kier molecular flexibility index (Phi) is 6.00. The zero-order chi connectivity index (χ0) is 15.2. The molecule has 4 nitrogen and oxygen atoms in total. The summed E-state index contributed by atoms with van der Waals surface area (Å²) in [6.07, 6.45) is 2.72. The summed E-state index contributed by atoms with van der Waals surface area (Å²) in [5.74, 6) is 1.57. The molecule has 0 unspecified atom stereocenters. The van der Waals surface area contributed by atoms with Gasteiger partial charge in [-0.2, -0.15) is 0 Å². The highest BCUT2D eigenvalue weighted by atomic mass is 15.2. The maximum absolute atomic E-state index is 4.84. The summed E-state index contributed by atoms with van der Waals surface area (Å²) in [7, 11) is 4.15. The highest BCUT2D eigenvalue weighted by Crippen LogP contribution is 2.20. The van der Waals surface area contributed by atoms with Crippen molar-refractivity contribution in [1.82, 2.24) is 15.2 Å². The van der Waals surface area contributed by atoms with Crippen molar-refractivity contribution in [2.75, 3.05) is 45.2 Å². The van der Waals surface area contributed by atoms with Crippen molar-refractivity contribution in [2.45, 2.75) is 39.2 Å². The van der Waals surface area contributed by atoms with E-state index in [9.17, 15) is 0 Å². The van der Waals surface area contributed by atoms with Crippen LogP contribution in [0.5, 0.6) is 0 Å². The molecule has 2 heterocycles. The number of nitrogens with one attached hydrogen (secondary N) is 1. The molecule has 0 radical (unpaired) electrons. The van der Waals surface area contributed by atoms with Gasteiger partial charge in [0.05, 0.1) is 0 Å². The summed E-state index contributed by atoms with van der Waals surface area (Å²) in [5, 5.41) is 3.24. The summed E-state index contributed by atoms with van der Waals surface area (Å²) >= 11 is 0. The largest absolute Gasteiger partial charge is 0.358 e. The third-order valence-electron chi connectivity index (χ3n) is 4.21. The molecule has 118 valence electrons. The van der Waals surface area contributed by atoms with E-state index in [0.29, 0.717) is 5.92 Å². The van der Waals surface area contributed by atoms with Gasteiger partial charge in [0.1, 0.15) is 5.82 Å². The molecule has 1 fully saturated rings. The van der Waals surface area contributed by atoms with E-state index in [1.54, 1.807) is 0 Å². The van der Waals surface area contributed by atoms with Crippen LogP contribution in [-0.4, -0.2) is 50.2 Å². The van der Waals surface area contributed by atoms with Gasteiger partial charge in [0.15, 0.2) is 0 Å². The third kappa shape index (κ3) is 4.68. The number of hydrogen-bond acceptors (Lipinski definition) is 4. The van der Waals surface area contributed by atoms with E-state index >= 15 is 0 Å². The van der Waals surface area contributed by atoms with Gasteiger partial charge in [0.25, 0.3) is 0 Å². The zero-order valence-electron chi connectivity index (χ0n) is 14.0. The topological polar surface area (TPSA) is 31.4 Å². The lowest BCUT2D eigenvalue weighted by Crippen LogP contribution is -2.32. The van der Waals surface area contributed by atoms with Crippen molar-refractivity contribution in [1.29, 1.82) is 0 Å². The minimum atomic E-state index is 0.465. The molecular weight excluding hydrogens is 260 g/mol. The van der Waals surface area contributed by atoms with Crippen molar-refractivity contribution < 1.29 is 0 Å². The van der Waals surface area contributed by atoms with Crippen molar-refractivity contribution in [2.24, 2.45) is 0 Å². The maximum Gasteiger partial charge on any atom is 0.128 e. The van der Waals surface area contributed by atoms with Crippen LogP contribution in [0.4, 0.5) is 5.82 Å². The van der Waals surface area contributed by atoms with Gasteiger partial charge in [0, 0.05) is 32.4 Å². The molecule has 4 heteroatoms. The van der Waals surface area contributed by atoms with Crippen LogP contribution in [0.2, 0.25) is 0 Å². The summed E-state index contributed by atoms with van der Waals surface area (Å²) in [6, 6.07) is 4.44. The maximum atomic E-state index is 4.84. The zero-order valence-corrected chi connectivity index (χ0v) is 14.0. The minimum absolute atomic E-state index is 0.465. The van der Waals surface area contributed by atoms with E-state index in [2.05, 4.69) is 48.1 Å². The van der Waals surface area contributed by atoms with Crippen LogP contribution in [0.3, 0.4) is 0 Å². The van der Waals surface area contributed by atoms with Crippen LogP contribution in [0.15, 0.2) is 12.1 Å². The first-order valence-electron chi connectivity index (χ1n) is 8.19. The van der Waals surface area contributed by atoms with Crippen LogP contribution in [0.25, 0.3) is 0 Å². The lowest BCUT2D eigenvalue weighted by molar-refractivity contribution is 0.346. The van der Waals surface area contributed by atoms with Crippen molar-refractivity contribution in [3.63, 3.8) is 0 Å². The van der Waals surface area contributed by atoms with E-state index in [1.165, 1.54) is 37.2 Å². The number of hydrogen-bond donors (Lipinski definition) is 1. The number of rotatable bonds is 7. The fourth-order valence-electron chi connectivity index (χ4n) is 2.80. The van der Waals surface area contributed by atoms with Gasteiger partial charge in [-0.25, -0.2) is 4.98 Å². The molecule has 0 aromatic carbocycles. The summed E-state index contributed by atoms with van der Waals surface area (Å²) < 4.78 is 0. The molecular formula is C17H30N4. The number of aromatic nitrogens is 1. The van der Waals surface area contributed by atoms with Crippen LogP contribution < -0.4 is 10.2 Å². The molecule has 2 rings (SSSR count). The van der Waals surface area contributed by atoms with Crippen LogP contribution in [0.1, 0.15) is 43.9 Å². The van der Waals surface area contributed by atoms with Gasteiger partial charge in [-0.3, -0.25) is 0 Å². The molecule has 1 N–H and O–H groups in total. The first-order chi connectivity index (χ1) is 10.1. The quantitative estimate of drug-likeness (QED) is 0.836. The molecule has 0 bridgehead atoms. The SMILES string of the molecule is CNCc1cc(C(C)C)nc(N(C)CCN2CCCC2)c1. The molecule has 1 aliphatic rings. The van der Waals surface area contributed by atoms with Crippen LogP contribution in [0, 0.1) is 0 Å². The highest BCUT2D eigenvalue weighted by molar-refractivity contribution is 5.42. The smallest absolute Gasteiger partial charge is 0.128 e. The number of pyridine rings is 1. The fraction of sp³-hybridized carbons (Fsp3) is 0.706. The third-order valence-corrected chi connectivity index (χ3v) is 4.21. The normalized spacial score (nSPS) is 15.9. The standard InChI is InChI=1S/C17H30N4/c1-14(2)16-11-15(13-18-3)12-17(19-16)20(4)9-10-21-7-5-6-8-21/h11-12,14,18H,5-10,13H2,1-4H3. The molecule has 1 saturated heterocycles. The predicted molar refractivity (Wildman–Crippen MR) is 90.0 cm³/mol. The predicted octanol–water partition coefficient (Wildman–Crippen LogP) is 2.46. The fourth-order valence-corrected chi connectivity index (χ4v) is 2.80. The first kappa shape index (κ1) is 16.2. The molecule has 1 aromatic heterocycles. The molecule has 0 atom stereocenters. The van der Waals surface area contributed by atoms with Crippen molar-refractivity contribution >= 4 is 5.82 Å². The molecule has 1 aromatic rings. The van der Waals surface area contributed by atoms with Gasteiger partial charge in [0.2, 0.25) is 0 Å². The van der Waals surface area contributed by atoms with Crippen molar-refractivity contribution in [3.8, 4) is 0 Å². The van der Waals surface area contributed by atoms with E-state index in [-0.39, 0.29) is 0 Å². The lowest BCUT2D eigenvalue weighted by Gasteiger charge is -2.23. The monoisotopic (exact) mass is 290 g/mol. The molecule has 0 saturated carbocycles. The Labute approximate surface area is 129 Å². The summed E-state index contributed by atoms with van der Waals surface area (Å²) in [6.45, 7) is 10.0. The van der Waals surface area contributed by atoms with Gasteiger partial charge in [-0.1, -0.05) is 13.8 Å². The molecule has 0 spiro atoms. The molecule has 0 aliphatic carbocycles. The molecule has 1 aliphatic heterocycles. The van der Waals surface area contributed by atoms with Crippen LogP contribution >= 0.6 is 0 Å². The second-order valence-corrected chi connectivity index (χ2v) is 6.41. The van der Waals surface area contributed by atoms with Gasteiger partial charge >= 0.3 is 0 Å². The van der Waals surface area contributed by atoms with Gasteiger partial charge < -0.3 is 15.1 Å². The minimum Gasteiger partial charge on any atom is -0.358 e. The average Bonchev–Trinajstić information content (AvgIpc) is 2.98. The number of nitrogens with zero attached hydrogens (tertiary/aromatic N) is 3. The second-order valence-electron chi connectivity index (χ2n) is 6.41. The van der Waals surface area contributed by atoms with Gasteiger partial charge in [-0.05, 0) is 56.6 Å². The van der Waals surface area contributed by atoms with Crippen molar-refractivity contribution in [3.05, 3.63) is 23.4 Å². The number of likely N-dealkylation sites (tertiary alicyclic amines) is 1. The van der Waals surface area contributed by atoms with E-state index in [4.69, 9.17) is 4.98 Å². The van der Waals surface area contributed by atoms with Gasteiger partial charge in [-0.15, -0.1) is 0 Å². The number of anilines is 1. The number of likely N-dealkylation sites (N-methyl/N-ethyl adjacent to an activating group) is 1. The van der Waals surface area contributed by atoms with Crippen LogP contribution in [-0.2, 0) is 6.54 Å². The Balaban J connectivity index is 2.04. The lowest BCUT2D eigenvalue weighted by atomic mass is 10.1. The average molecular weight is 290 g/mol. The Morgan fingerprint density at radius 2 is 2.00 bits per heavy atom. The first-order valence-corrected chi connectivity index (χ1v) is 8.19. The highest BCUT2D eigenvalue weighted by Gasteiger charge is 2.13. The molecule has 21 heavy (non-hydrogen) atoms. The Bertz CT molecular complexity index is 438. The van der Waals surface area contributed by atoms with E-state index in [1.807, 2.05) is 7.05 Å². The van der Waals surface area contributed by atoms with E-state index < -0.39 is 0 Å². The second kappa shape index (κ2) is 7.76.